The summed E-state index contributed by atoms with van der Waals surface area (Å²) in [5.41, 5.74) is 0.497. The van der Waals surface area contributed by atoms with Gasteiger partial charge >= 0.3 is 5.90 Å². The van der Waals surface area contributed by atoms with Crippen molar-refractivity contribution in [3.63, 3.8) is 0 Å². The fourth-order valence-electron chi connectivity index (χ4n) is 4.92. The van der Waals surface area contributed by atoms with Crippen LogP contribution in [0.25, 0.3) is 0 Å². The average molecular weight is 262 g/mol. The Hall–Kier alpha value is -0.790. The molecule has 1 heterocycles. The molecule has 0 radical (unpaired) electrons. The summed E-state index contributed by atoms with van der Waals surface area (Å²) in [6, 6.07) is 0.593. The number of hydrogen-bond donors (Lipinski definition) is 0. The third-order valence-electron chi connectivity index (χ3n) is 6.09. The molecule has 2 bridgehead atoms. The van der Waals surface area contributed by atoms with E-state index in [1.807, 2.05) is 0 Å². The van der Waals surface area contributed by atoms with Crippen LogP contribution < -0.4 is 0 Å². The molecule has 1 unspecified atom stereocenters. The van der Waals surface area contributed by atoms with E-state index < -0.39 is 0 Å². The van der Waals surface area contributed by atoms with E-state index in [0.29, 0.717) is 17.4 Å². The smallest absolute Gasteiger partial charge is 0.363 e. The third-order valence-corrected chi connectivity index (χ3v) is 6.09. The maximum atomic E-state index is 6.50. The van der Waals surface area contributed by atoms with Gasteiger partial charge in [-0.15, -0.1) is 0 Å². The lowest BCUT2D eigenvalue weighted by Gasteiger charge is -2.62. The highest BCUT2D eigenvalue weighted by molar-refractivity contribution is 5.84. The second-order valence-electron chi connectivity index (χ2n) is 7.38. The summed E-state index contributed by atoms with van der Waals surface area (Å²) < 4.78 is 9.04. The number of ether oxygens (including phenoxy) is 1. The molecule has 0 aromatic carbocycles. The normalized spacial score (nSPS) is 43.1. The molecule has 3 saturated carbocycles. The minimum atomic E-state index is 0.0300. The minimum absolute atomic E-state index is 0.0300. The summed E-state index contributed by atoms with van der Waals surface area (Å²) in [6.07, 6.45) is 8.12. The van der Waals surface area contributed by atoms with Crippen LogP contribution in [0.15, 0.2) is 12.2 Å². The van der Waals surface area contributed by atoms with Crippen LogP contribution in [0.2, 0.25) is 0 Å². The van der Waals surface area contributed by atoms with Crippen molar-refractivity contribution >= 4 is 5.90 Å². The Balaban J connectivity index is 1.96. The van der Waals surface area contributed by atoms with Crippen LogP contribution in [0, 0.1) is 17.3 Å². The topological polar surface area (TPSA) is 12.2 Å². The van der Waals surface area contributed by atoms with Crippen molar-refractivity contribution in [2.24, 2.45) is 17.3 Å². The van der Waals surface area contributed by atoms with Gasteiger partial charge in [-0.25, -0.2) is 0 Å². The largest absolute Gasteiger partial charge is 0.431 e. The van der Waals surface area contributed by atoms with E-state index in [2.05, 4.69) is 51.3 Å². The van der Waals surface area contributed by atoms with E-state index in [4.69, 9.17) is 4.74 Å². The molecule has 0 saturated heterocycles. The standard InChI is InChI=1S/C17H28NO/c1-6-8-15-18(9-7-2)14-11-12-10-13(16(12,3)4)17(14,5)19-15/h6,8,12-14H,7,9-11H2,1-5H3/q+1/b8-6-/t12-,13-,14?,17-/m0/s1. The van der Waals surface area contributed by atoms with E-state index in [0.717, 1.165) is 18.4 Å². The summed E-state index contributed by atoms with van der Waals surface area (Å²) >= 11 is 0. The van der Waals surface area contributed by atoms with Crippen LogP contribution in [-0.2, 0) is 4.74 Å². The van der Waals surface area contributed by atoms with Gasteiger partial charge in [0.2, 0.25) is 0 Å². The Morgan fingerprint density at radius 1 is 1.32 bits per heavy atom. The molecule has 4 atom stereocenters. The Kier molecular flexibility index (Phi) is 2.85. The second kappa shape index (κ2) is 4.10. The monoisotopic (exact) mass is 262 g/mol. The van der Waals surface area contributed by atoms with Crippen molar-refractivity contribution < 1.29 is 9.31 Å². The first-order valence-corrected chi connectivity index (χ1v) is 7.90. The summed E-state index contributed by atoms with van der Waals surface area (Å²) in [4.78, 5) is 0. The minimum Gasteiger partial charge on any atom is -0.431 e. The highest BCUT2D eigenvalue weighted by Gasteiger charge is 2.71. The first kappa shape index (κ1) is 13.2. The predicted octanol–water partition coefficient (Wildman–Crippen LogP) is 3.61. The fraction of sp³-hybridized carbons (Fsp3) is 0.824. The number of nitrogens with zero attached hydrogens (tertiary/aromatic N) is 1. The van der Waals surface area contributed by atoms with E-state index >= 15 is 0 Å². The van der Waals surface area contributed by atoms with E-state index in [1.54, 1.807) is 0 Å². The van der Waals surface area contributed by atoms with Gasteiger partial charge in [0.25, 0.3) is 0 Å². The van der Waals surface area contributed by atoms with E-state index in [9.17, 15) is 0 Å². The number of rotatable bonds is 3. The van der Waals surface area contributed by atoms with Crippen LogP contribution in [0.5, 0.6) is 0 Å². The van der Waals surface area contributed by atoms with Gasteiger partial charge in [-0.3, -0.25) is 0 Å². The molecule has 3 fully saturated rings. The Morgan fingerprint density at radius 2 is 2.05 bits per heavy atom. The van der Waals surface area contributed by atoms with Gasteiger partial charge in [-0.1, -0.05) is 26.8 Å². The lowest BCUT2D eigenvalue weighted by atomic mass is 9.43. The molecule has 4 rings (SSSR count). The van der Waals surface area contributed by atoms with Gasteiger partial charge in [-0.05, 0) is 31.6 Å². The van der Waals surface area contributed by atoms with Crippen molar-refractivity contribution in [1.82, 2.24) is 0 Å². The van der Waals surface area contributed by atoms with Gasteiger partial charge in [0.15, 0.2) is 11.6 Å². The molecule has 3 aliphatic carbocycles. The molecular weight excluding hydrogens is 234 g/mol. The highest BCUT2D eigenvalue weighted by atomic mass is 16.5. The van der Waals surface area contributed by atoms with Crippen molar-refractivity contribution in [1.29, 1.82) is 0 Å². The summed E-state index contributed by atoms with van der Waals surface area (Å²) in [5.74, 6) is 2.72. The maximum Gasteiger partial charge on any atom is 0.363 e. The Labute approximate surface area is 117 Å². The van der Waals surface area contributed by atoms with Gasteiger partial charge in [0, 0.05) is 24.8 Å². The molecular formula is C17H28NO+. The van der Waals surface area contributed by atoms with E-state index in [1.165, 1.54) is 19.3 Å². The van der Waals surface area contributed by atoms with Crippen molar-refractivity contribution in [2.45, 2.75) is 65.5 Å². The Morgan fingerprint density at radius 3 is 2.63 bits per heavy atom. The first-order valence-electron chi connectivity index (χ1n) is 7.90. The SMILES string of the molecule is C/C=C\C1=[N+](CCC)C2C[C@@H]3C[C@@H](C3(C)C)[C@]2(C)O1. The molecule has 0 spiro atoms. The lowest BCUT2D eigenvalue weighted by Crippen LogP contribution is -2.67. The lowest BCUT2D eigenvalue weighted by molar-refractivity contribution is -0.577. The van der Waals surface area contributed by atoms with Gasteiger partial charge < -0.3 is 4.74 Å². The molecule has 2 heteroatoms. The molecule has 4 aliphatic rings. The highest BCUT2D eigenvalue weighted by Crippen LogP contribution is 2.65. The summed E-state index contributed by atoms with van der Waals surface area (Å²) in [6.45, 7) is 12.7. The van der Waals surface area contributed by atoms with Gasteiger partial charge in [0.1, 0.15) is 6.54 Å². The summed E-state index contributed by atoms with van der Waals surface area (Å²) in [7, 11) is 0. The zero-order valence-electron chi connectivity index (χ0n) is 13.1. The van der Waals surface area contributed by atoms with Crippen molar-refractivity contribution in [2.75, 3.05) is 6.54 Å². The van der Waals surface area contributed by atoms with Crippen LogP contribution in [0.3, 0.4) is 0 Å². The molecule has 0 aromatic rings. The number of allylic oxidation sites excluding steroid dienone is 1. The van der Waals surface area contributed by atoms with Gasteiger partial charge in [-0.2, -0.15) is 4.58 Å². The quantitative estimate of drug-likeness (QED) is 0.708. The van der Waals surface area contributed by atoms with Crippen molar-refractivity contribution in [3.8, 4) is 0 Å². The molecule has 106 valence electrons. The molecule has 2 nitrogen and oxygen atoms in total. The maximum absolute atomic E-state index is 6.50. The van der Waals surface area contributed by atoms with Crippen molar-refractivity contribution in [3.05, 3.63) is 12.2 Å². The molecule has 0 amide bonds. The molecule has 1 aliphatic heterocycles. The molecule has 0 N–H and O–H groups in total. The molecule has 0 aromatic heterocycles. The third kappa shape index (κ3) is 1.58. The van der Waals surface area contributed by atoms with Gasteiger partial charge in [0.05, 0.1) is 0 Å². The molecule has 19 heavy (non-hydrogen) atoms. The summed E-state index contributed by atoms with van der Waals surface area (Å²) in [5, 5.41) is 0. The fourth-order valence-corrected chi connectivity index (χ4v) is 4.92. The average Bonchev–Trinajstić information content (AvgIpc) is 2.62. The van der Waals surface area contributed by atoms with Crippen LogP contribution >= 0.6 is 0 Å². The predicted molar refractivity (Wildman–Crippen MR) is 78.5 cm³/mol. The number of hydrogen-bond acceptors (Lipinski definition) is 1. The zero-order valence-corrected chi connectivity index (χ0v) is 13.1. The second-order valence-corrected chi connectivity index (χ2v) is 7.38. The first-order chi connectivity index (χ1) is 8.95. The van der Waals surface area contributed by atoms with Crippen LogP contribution in [0.1, 0.15) is 53.9 Å². The van der Waals surface area contributed by atoms with E-state index in [-0.39, 0.29) is 5.60 Å². The zero-order chi connectivity index (χ0) is 13.8. The van der Waals surface area contributed by atoms with Crippen LogP contribution in [0.4, 0.5) is 0 Å². The van der Waals surface area contributed by atoms with Crippen LogP contribution in [-0.4, -0.2) is 28.7 Å². The Bertz CT molecular complexity index is 448.